The monoisotopic (exact) mass is 564 g/mol. The Kier molecular flexibility index (Phi) is 7.92. The predicted octanol–water partition coefficient (Wildman–Crippen LogP) is 7.81. The molecule has 1 saturated carbocycles. The molecule has 1 aliphatic heterocycles. The standard InChI is InChI=1S/C33H38F2N2O4/c1-32(2,3)41-29(38)19-25-18-24(39-33(4,5)40-25)14-15-26-30(20-7-8-20)36-28-16-11-22(35)17-27(28)31(26)37(6)23-12-9-21(34)10-13-23/h9-17,20,24-25H,7-8,18-19H2,1-6H3/b15-14+/t24-,25-/m1/s1. The molecule has 2 aromatic carbocycles. The van der Waals surface area contributed by atoms with Gasteiger partial charge in [0.15, 0.2) is 5.79 Å². The molecule has 1 aromatic heterocycles. The number of hydrogen-bond acceptors (Lipinski definition) is 6. The average Bonchev–Trinajstić information content (AvgIpc) is 3.70. The smallest absolute Gasteiger partial charge is 0.308 e. The van der Waals surface area contributed by atoms with E-state index in [4.69, 9.17) is 19.2 Å². The molecule has 1 saturated heterocycles. The van der Waals surface area contributed by atoms with Gasteiger partial charge in [-0.15, -0.1) is 0 Å². The molecule has 5 rings (SSSR count). The third-order valence-corrected chi connectivity index (χ3v) is 7.17. The van der Waals surface area contributed by atoms with E-state index in [0.717, 1.165) is 35.5 Å². The second-order valence-electron chi connectivity index (χ2n) is 12.4. The van der Waals surface area contributed by atoms with E-state index in [2.05, 4.69) is 0 Å². The second kappa shape index (κ2) is 11.1. The van der Waals surface area contributed by atoms with Crippen LogP contribution < -0.4 is 4.90 Å². The van der Waals surface area contributed by atoms with Crippen molar-refractivity contribution in [2.75, 3.05) is 11.9 Å². The van der Waals surface area contributed by atoms with Gasteiger partial charge in [0.1, 0.15) is 17.2 Å². The van der Waals surface area contributed by atoms with Crippen LogP contribution in [-0.2, 0) is 19.0 Å². The zero-order chi connectivity index (χ0) is 29.5. The third kappa shape index (κ3) is 7.11. The fraction of sp³-hybridized carbons (Fsp3) is 0.455. The maximum absolute atomic E-state index is 14.6. The molecule has 0 amide bonds. The van der Waals surface area contributed by atoms with E-state index in [1.165, 1.54) is 24.3 Å². The van der Waals surface area contributed by atoms with Gasteiger partial charge < -0.3 is 19.1 Å². The fourth-order valence-electron chi connectivity index (χ4n) is 5.40. The molecule has 2 aliphatic rings. The van der Waals surface area contributed by atoms with Gasteiger partial charge in [-0.1, -0.05) is 12.2 Å². The van der Waals surface area contributed by atoms with Crippen LogP contribution in [0.4, 0.5) is 20.2 Å². The lowest BCUT2D eigenvalue weighted by molar-refractivity contribution is -0.290. The first kappa shape index (κ1) is 29.1. The SMILES string of the molecule is CN(c1ccc(F)cc1)c1c(/C=C/[C@@H]2C[C@H](CC(=O)OC(C)(C)C)OC(C)(C)O2)c(C2CC2)nc2ccc(F)cc12. The van der Waals surface area contributed by atoms with Crippen LogP contribution in [0, 0.1) is 11.6 Å². The summed E-state index contributed by atoms with van der Waals surface area (Å²) in [6.45, 7) is 9.18. The average molecular weight is 565 g/mol. The number of benzene rings is 2. The van der Waals surface area contributed by atoms with Crippen molar-refractivity contribution in [1.82, 2.24) is 4.98 Å². The van der Waals surface area contributed by atoms with Gasteiger partial charge in [-0.3, -0.25) is 9.78 Å². The van der Waals surface area contributed by atoms with Crippen LogP contribution in [-0.4, -0.2) is 41.6 Å². The number of esters is 1. The number of hydrogen-bond donors (Lipinski definition) is 0. The van der Waals surface area contributed by atoms with Crippen molar-refractivity contribution < 1.29 is 27.8 Å². The van der Waals surface area contributed by atoms with E-state index >= 15 is 0 Å². The molecule has 0 bridgehead atoms. The number of carbonyl (C=O) groups is 1. The van der Waals surface area contributed by atoms with Gasteiger partial charge in [-0.05, 0) is 89.9 Å². The van der Waals surface area contributed by atoms with Crippen molar-refractivity contribution in [3.63, 3.8) is 0 Å². The van der Waals surface area contributed by atoms with Gasteiger partial charge in [0.2, 0.25) is 0 Å². The number of pyridine rings is 1. The summed E-state index contributed by atoms with van der Waals surface area (Å²) >= 11 is 0. The number of anilines is 2. The Hall–Kier alpha value is -3.36. The molecule has 3 aromatic rings. The van der Waals surface area contributed by atoms with Crippen LogP contribution in [0.25, 0.3) is 17.0 Å². The van der Waals surface area contributed by atoms with Gasteiger partial charge in [0.25, 0.3) is 0 Å². The van der Waals surface area contributed by atoms with Crippen molar-refractivity contribution in [1.29, 1.82) is 0 Å². The van der Waals surface area contributed by atoms with Gasteiger partial charge in [-0.25, -0.2) is 8.78 Å². The number of carbonyl (C=O) groups excluding carboxylic acids is 1. The summed E-state index contributed by atoms with van der Waals surface area (Å²) in [6.07, 6.45) is 5.90. The van der Waals surface area contributed by atoms with Crippen molar-refractivity contribution in [2.24, 2.45) is 0 Å². The first-order chi connectivity index (χ1) is 19.3. The molecule has 0 unspecified atom stereocenters. The normalized spacial score (nSPS) is 20.9. The minimum atomic E-state index is -0.905. The van der Waals surface area contributed by atoms with Crippen LogP contribution in [0.1, 0.15) is 77.5 Å². The third-order valence-electron chi connectivity index (χ3n) is 7.17. The molecule has 0 spiro atoms. The van der Waals surface area contributed by atoms with Crippen LogP contribution >= 0.6 is 0 Å². The number of rotatable bonds is 7. The first-order valence-corrected chi connectivity index (χ1v) is 14.2. The maximum atomic E-state index is 14.6. The summed E-state index contributed by atoms with van der Waals surface area (Å²) < 4.78 is 46.1. The van der Waals surface area contributed by atoms with E-state index in [1.807, 2.05) is 58.7 Å². The quantitative estimate of drug-likeness (QED) is 0.273. The molecule has 2 atom stereocenters. The van der Waals surface area contributed by atoms with Gasteiger partial charge >= 0.3 is 5.97 Å². The Morgan fingerprint density at radius 1 is 1.10 bits per heavy atom. The number of halogens is 2. The Labute approximate surface area is 240 Å². The highest BCUT2D eigenvalue weighted by Crippen LogP contribution is 2.46. The lowest BCUT2D eigenvalue weighted by Gasteiger charge is -2.40. The lowest BCUT2D eigenvalue weighted by Crippen LogP contribution is -2.45. The molecular formula is C33H38F2N2O4. The summed E-state index contributed by atoms with van der Waals surface area (Å²) in [5.41, 5.74) is 3.49. The molecule has 8 heteroatoms. The highest BCUT2D eigenvalue weighted by molar-refractivity contribution is 5.99. The number of nitrogens with zero attached hydrogens (tertiary/aromatic N) is 2. The van der Waals surface area contributed by atoms with Crippen molar-refractivity contribution in [3.05, 3.63) is 71.4 Å². The van der Waals surface area contributed by atoms with Gasteiger partial charge in [0.05, 0.1) is 35.5 Å². The number of aromatic nitrogens is 1. The minimum Gasteiger partial charge on any atom is -0.460 e. The van der Waals surface area contributed by atoms with Crippen LogP contribution in [0.2, 0.25) is 0 Å². The molecule has 41 heavy (non-hydrogen) atoms. The Balaban J connectivity index is 1.53. The topological polar surface area (TPSA) is 60.9 Å². The van der Waals surface area contributed by atoms with Gasteiger partial charge in [0, 0.05) is 36.0 Å². The Morgan fingerprint density at radius 2 is 1.78 bits per heavy atom. The lowest BCUT2D eigenvalue weighted by atomic mass is 9.99. The molecule has 218 valence electrons. The van der Waals surface area contributed by atoms with E-state index in [0.29, 0.717) is 23.2 Å². The van der Waals surface area contributed by atoms with E-state index in [1.54, 1.807) is 18.2 Å². The number of fused-ring (bicyclic) bond motifs is 1. The molecule has 1 aliphatic carbocycles. The molecular weight excluding hydrogens is 526 g/mol. The van der Waals surface area contributed by atoms with E-state index < -0.39 is 11.4 Å². The Bertz CT molecular complexity index is 1460. The van der Waals surface area contributed by atoms with Crippen molar-refractivity contribution >= 4 is 34.3 Å². The largest absolute Gasteiger partial charge is 0.460 e. The van der Waals surface area contributed by atoms with Crippen LogP contribution in [0.15, 0.2) is 48.5 Å². The Morgan fingerprint density at radius 3 is 2.44 bits per heavy atom. The summed E-state index contributed by atoms with van der Waals surface area (Å²) in [5.74, 6) is -1.61. The molecule has 0 radical (unpaired) electrons. The number of ether oxygens (including phenoxy) is 3. The zero-order valence-electron chi connectivity index (χ0n) is 24.5. The summed E-state index contributed by atoms with van der Waals surface area (Å²) in [4.78, 5) is 19.5. The van der Waals surface area contributed by atoms with Crippen molar-refractivity contribution in [3.8, 4) is 0 Å². The summed E-state index contributed by atoms with van der Waals surface area (Å²) in [5, 5.41) is 0.664. The minimum absolute atomic E-state index is 0.122. The van der Waals surface area contributed by atoms with Crippen LogP contribution in [0.5, 0.6) is 0 Å². The predicted molar refractivity (Wildman–Crippen MR) is 156 cm³/mol. The fourth-order valence-corrected chi connectivity index (χ4v) is 5.40. The maximum Gasteiger partial charge on any atom is 0.308 e. The summed E-state index contributed by atoms with van der Waals surface area (Å²) in [6, 6.07) is 10.9. The zero-order valence-corrected chi connectivity index (χ0v) is 24.5. The molecule has 2 heterocycles. The molecule has 2 fully saturated rings. The van der Waals surface area contributed by atoms with Crippen molar-refractivity contribution in [2.45, 2.75) is 89.8 Å². The van der Waals surface area contributed by atoms with Crippen LogP contribution in [0.3, 0.4) is 0 Å². The van der Waals surface area contributed by atoms with E-state index in [9.17, 15) is 13.6 Å². The molecule has 0 N–H and O–H groups in total. The van der Waals surface area contributed by atoms with Gasteiger partial charge in [-0.2, -0.15) is 0 Å². The highest BCUT2D eigenvalue weighted by atomic mass is 19.1. The molecule has 6 nitrogen and oxygen atoms in total. The first-order valence-electron chi connectivity index (χ1n) is 14.2. The second-order valence-corrected chi connectivity index (χ2v) is 12.4. The van der Waals surface area contributed by atoms with E-state index in [-0.39, 0.29) is 36.2 Å². The highest BCUT2D eigenvalue weighted by Gasteiger charge is 2.37. The summed E-state index contributed by atoms with van der Waals surface area (Å²) in [7, 11) is 1.89.